The zero-order chi connectivity index (χ0) is 9.14. The molecule has 1 aliphatic rings. The zero-order valence-corrected chi connectivity index (χ0v) is 8.40. The number of nitrogens with zero attached hydrogens (tertiary/aromatic N) is 2. The molecule has 12 heavy (non-hydrogen) atoms. The van der Waals surface area contributed by atoms with Gasteiger partial charge in [-0.3, -0.25) is 0 Å². The van der Waals surface area contributed by atoms with Crippen LogP contribution >= 0.6 is 11.8 Å². The van der Waals surface area contributed by atoms with Crippen molar-refractivity contribution >= 4 is 21.8 Å². The summed E-state index contributed by atoms with van der Waals surface area (Å²) >= 11 is 1.60. The van der Waals surface area contributed by atoms with Crippen LogP contribution in [0.4, 0.5) is 0 Å². The molecule has 0 spiro atoms. The Labute approximate surface area is 77.2 Å². The van der Waals surface area contributed by atoms with Crippen LogP contribution in [0.5, 0.6) is 0 Å². The normalized spacial score (nSPS) is 23.4. The van der Waals surface area contributed by atoms with Crippen LogP contribution in [0.2, 0.25) is 0 Å². The minimum absolute atomic E-state index is 0.821. The fourth-order valence-corrected chi connectivity index (χ4v) is 1.77. The maximum atomic E-state index is 4.31. The van der Waals surface area contributed by atoms with E-state index in [4.69, 9.17) is 0 Å². The Balaban J connectivity index is 2.92. The summed E-state index contributed by atoms with van der Waals surface area (Å²) < 4.78 is 0. The third kappa shape index (κ3) is 2.08. The van der Waals surface area contributed by atoms with E-state index in [0.717, 1.165) is 21.5 Å². The first kappa shape index (κ1) is 9.26. The van der Waals surface area contributed by atoms with E-state index in [9.17, 15) is 0 Å². The molecule has 0 atom stereocenters. The first-order valence-electron chi connectivity index (χ1n) is 3.77. The van der Waals surface area contributed by atoms with Crippen molar-refractivity contribution in [2.75, 3.05) is 0 Å². The van der Waals surface area contributed by atoms with Crippen LogP contribution in [0.15, 0.2) is 34.0 Å². The van der Waals surface area contributed by atoms with Gasteiger partial charge in [0, 0.05) is 5.70 Å². The van der Waals surface area contributed by atoms with Crippen LogP contribution in [0.25, 0.3) is 0 Å². The minimum Gasteiger partial charge on any atom is -0.245 e. The monoisotopic (exact) mass is 180 g/mol. The Morgan fingerprint density at radius 2 is 2.33 bits per heavy atom. The quantitative estimate of drug-likeness (QED) is 0.609. The number of hydrogen-bond donors (Lipinski definition) is 0. The van der Waals surface area contributed by atoms with Gasteiger partial charge in [0.15, 0.2) is 0 Å². The van der Waals surface area contributed by atoms with E-state index >= 15 is 0 Å². The highest BCUT2D eigenvalue weighted by atomic mass is 32.2. The van der Waals surface area contributed by atoms with Crippen molar-refractivity contribution in [3.63, 3.8) is 0 Å². The molecular weight excluding hydrogens is 168 g/mol. The van der Waals surface area contributed by atoms with Gasteiger partial charge in [-0.25, -0.2) is 9.98 Å². The van der Waals surface area contributed by atoms with E-state index in [1.807, 2.05) is 26.8 Å². The topological polar surface area (TPSA) is 24.7 Å². The fourth-order valence-electron chi connectivity index (χ4n) is 0.874. The first-order chi connectivity index (χ1) is 5.63. The lowest BCUT2D eigenvalue weighted by Gasteiger charge is -1.94. The average molecular weight is 180 g/mol. The summed E-state index contributed by atoms with van der Waals surface area (Å²) in [6.45, 7) is 9.56. The molecule has 0 unspecified atom stereocenters. The summed E-state index contributed by atoms with van der Waals surface area (Å²) in [6.07, 6.45) is 1.96. The van der Waals surface area contributed by atoms with E-state index in [1.54, 1.807) is 11.8 Å². The zero-order valence-electron chi connectivity index (χ0n) is 7.59. The number of hydrogen-bond acceptors (Lipinski definition) is 3. The predicted molar refractivity (Wildman–Crippen MR) is 56.7 cm³/mol. The Morgan fingerprint density at radius 1 is 1.67 bits per heavy atom. The summed E-state index contributed by atoms with van der Waals surface area (Å²) in [6, 6.07) is 0. The van der Waals surface area contributed by atoms with Gasteiger partial charge in [0.1, 0.15) is 5.04 Å². The van der Waals surface area contributed by atoms with Gasteiger partial charge < -0.3 is 0 Å². The van der Waals surface area contributed by atoms with Crippen molar-refractivity contribution in [2.24, 2.45) is 9.98 Å². The highest BCUT2D eigenvalue weighted by Crippen LogP contribution is 2.25. The fraction of sp³-hybridized carbons (Fsp3) is 0.333. The smallest absolute Gasteiger partial charge is 0.128 e. The molecule has 3 heteroatoms. The lowest BCUT2D eigenvalue weighted by atomic mass is 10.4. The molecule has 0 aromatic rings. The van der Waals surface area contributed by atoms with Crippen molar-refractivity contribution in [3.8, 4) is 0 Å². The van der Waals surface area contributed by atoms with Crippen molar-refractivity contribution in [1.82, 2.24) is 0 Å². The molecule has 0 saturated carbocycles. The molecule has 0 bridgehead atoms. The summed E-state index contributed by atoms with van der Waals surface area (Å²) in [5.74, 6) is 0. The van der Waals surface area contributed by atoms with Crippen molar-refractivity contribution < 1.29 is 0 Å². The highest BCUT2D eigenvalue weighted by Gasteiger charge is 2.15. The van der Waals surface area contributed by atoms with Crippen molar-refractivity contribution in [3.05, 3.63) is 24.0 Å². The molecule has 0 fully saturated rings. The summed E-state index contributed by atoms with van der Waals surface area (Å²) in [7, 11) is 0. The van der Waals surface area contributed by atoms with E-state index in [-0.39, 0.29) is 0 Å². The lowest BCUT2D eigenvalue weighted by molar-refractivity contribution is 1.32. The second-order valence-corrected chi connectivity index (χ2v) is 3.74. The van der Waals surface area contributed by atoms with E-state index in [0.29, 0.717) is 0 Å². The molecule has 0 radical (unpaired) electrons. The molecule has 1 aliphatic heterocycles. The number of aliphatic imine (C=N–C) groups is 2. The Bertz CT molecular complexity index is 298. The maximum absolute atomic E-state index is 4.31. The van der Waals surface area contributed by atoms with Gasteiger partial charge in [-0.05, 0) is 20.8 Å². The van der Waals surface area contributed by atoms with Crippen LogP contribution < -0.4 is 0 Å². The SMILES string of the molecule is C=C(C)N=C1SC(C)=N/C1=C/C. The van der Waals surface area contributed by atoms with E-state index in [2.05, 4.69) is 16.6 Å². The molecule has 1 heterocycles. The van der Waals surface area contributed by atoms with Gasteiger partial charge in [-0.2, -0.15) is 0 Å². The highest BCUT2D eigenvalue weighted by molar-refractivity contribution is 8.27. The van der Waals surface area contributed by atoms with Gasteiger partial charge >= 0.3 is 0 Å². The average Bonchev–Trinajstić information content (AvgIpc) is 2.29. The van der Waals surface area contributed by atoms with Crippen molar-refractivity contribution in [2.45, 2.75) is 20.8 Å². The molecule has 0 N–H and O–H groups in total. The van der Waals surface area contributed by atoms with Crippen LogP contribution in [-0.2, 0) is 0 Å². The number of rotatable bonds is 1. The Hall–Kier alpha value is -0.830. The molecule has 0 aromatic carbocycles. The van der Waals surface area contributed by atoms with Gasteiger partial charge in [-0.1, -0.05) is 24.4 Å². The molecular formula is C9H12N2S. The second kappa shape index (κ2) is 3.72. The molecule has 64 valence electrons. The van der Waals surface area contributed by atoms with Crippen LogP contribution in [-0.4, -0.2) is 10.1 Å². The number of thioether (sulfide) groups is 1. The van der Waals surface area contributed by atoms with E-state index < -0.39 is 0 Å². The van der Waals surface area contributed by atoms with Gasteiger partial charge in [0.05, 0.1) is 10.7 Å². The molecule has 2 nitrogen and oxygen atoms in total. The summed E-state index contributed by atoms with van der Waals surface area (Å²) in [5, 5.41) is 2.01. The van der Waals surface area contributed by atoms with Gasteiger partial charge in [-0.15, -0.1) is 0 Å². The summed E-state index contributed by atoms with van der Waals surface area (Å²) in [4.78, 5) is 8.59. The molecule has 1 rings (SSSR count). The Kier molecular flexibility index (Phi) is 2.87. The minimum atomic E-state index is 0.821. The van der Waals surface area contributed by atoms with Crippen LogP contribution in [0, 0.1) is 0 Å². The predicted octanol–water partition coefficient (Wildman–Crippen LogP) is 2.99. The largest absolute Gasteiger partial charge is 0.245 e. The first-order valence-corrected chi connectivity index (χ1v) is 4.59. The molecule has 0 saturated heterocycles. The lowest BCUT2D eigenvalue weighted by Crippen LogP contribution is -1.89. The molecule has 0 aromatic heterocycles. The van der Waals surface area contributed by atoms with E-state index in [1.165, 1.54) is 0 Å². The molecule has 0 aliphatic carbocycles. The van der Waals surface area contributed by atoms with Crippen molar-refractivity contribution in [1.29, 1.82) is 0 Å². The van der Waals surface area contributed by atoms with Gasteiger partial charge in [0.25, 0.3) is 0 Å². The van der Waals surface area contributed by atoms with Gasteiger partial charge in [0.2, 0.25) is 0 Å². The Morgan fingerprint density at radius 3 is 2.83 bits per heavy atom. The standard InChI is InChI=1S/C9H12N2S/c1-5-8-9(10-6(2)3)12-7(4)11-8/h5H,2H2,1,3-4H3/b8-5+,10-9?. The third-order valence-electron chi connectivity index (χ3n) is 1.31. The van der Waals surface area contributed by atoms with Crippen LogP contribution in [0.1, 0.15) is 20.8 Å². The maximum Gasteiger partial charge on any atom is 0.128 e. The molecule has 0 amide bonds. The van der Waals surface area contributed by atoms with Crippen LogP contribution in [0.3, 0.4) is 0 Å². The third-order valence-corrected chi connectivity index (χ3v) is 2.19. The number of allylic oxidation sites excluding steroid dienone is 2. The second-order valence-electron chi connectivity index (χ2n) is 2.56. The summed E-state index contributed by atoms with van der Waals surface area (Å²) in [5.41, 5.74) is 1.78.